The highest BCUT2D eigenvalue weighted by molar-refractivity contribution is 5.74. The summed E-state index contributed by atoms with van der Waals surface area (Å²) < 4.78 is 0. The summed E-state index contributed by atoms with van der Waals surface area (Å²) in [6.45, 7) is 7.80. The zero-order valence-electron chi connectivity index (χ0n) is 12.7. The molecule has 1 fully saturated rings. The molecule has 0 bridgehead atoms. The number of rotatable bonds is 4. The number of aromatic nitrogens is 1. The summed E-state index contributed by atoms with van der Waals surface area (Å²) in [5.74, 6) is 1.67. The number of nitrogens with one attached hydrogen (secondary N) is 1. The summed E-state index contributed by atoms with van der Waals surface area (Å²) in [4.78, 5) is 18.2. The molecule has 4 nitrogen and oxygen atoms in total. The van der Waals surface area contributed by atoms with Gasteiger partial charge in [0, 0.05) is 26.2 Å². The number of hydrogen-bond acceptors (Lipinski definition) is 3. The van der Waals surface area contributed by atoms with Gasteiger partial charge in [-0.15, -0.1) is 0 Å². The standard InChI is InChI=1S/C16H25N3O/c1-12(2)10-17-16-8-7-14(11-18-16)15-6-4-5-9-19(15)13(3)20/h7-8,11-12,15H,4-6,9-10H2,1-3H3,(H,17,18)/t15-/m1/s1. The molecule has 110 valence electrons. The lowest BCUT2D eigenvalue weighted by atomic mass is 9.96. The number of piperidine rings is 1. The van der Waals surface area contributed by atoms with Gasteiger partial charge in [-0.25, -0.2) is 4.98 Å². The van der Waals surface area contributed by atoms with E-state index >= 15 is 0 Å². The fourth-order valence-electron chi connectivity index (χ4n) is 2.67. The number of carbonyl (C=O) groups is 1. The molecular weight excluding hydrogens is 250 g/mol. The first-order valence-electron chi connectivity index (χ1n) is 7.55. The molecule has 1 N–H and O–H groups in total. The quantitative estimate of drug-likeness (QED) is 0.917. The number of amides is 1. The van der Waals surface area contributed by atoms with E-state index < -0.39 is 0 Å². The van der Waals surface area contributed by atoms with E-state index in [1.54, 1.807) is 6.92 Å². The molecule has 1 atom stereocenters. The summed E-state index contributed by atoms with van der Waals surface area (Å²) in [5.41, 5.74) is 1.15. The summed E-state index contributed by atoms with van der Waals surface area (Å²) in [7, 11) is 0. The minimum atomic E-state index is 0.164. The Kier molecular flexibility index (Phi) is 4.99. The van der Waals surface area contributed by atoms with Crippen molar-refractivity contribution in [1.29, 1.82) is 0 Å². The lowest BCUT2D eigenvalue weighted by molar-refractivity contribution is -0.132. The molecule has 1 aliphatic rings. The van der Waals surface area contributed by atoms with Crippen molar-refractivity contribution in [2.75, 3.05) is 18.4 Å². The van der Waals surface area contributed by atoms with E-state index in [0.717, 1.165) is 37.3 Å². The van der Waals surface area contributed by atoms with Crippen molar-refractivity contribution < 1.29 is 4.79 Å². The van der Waals surface area contributed by atoms with E-state index in [1.165, 1.54) is 6.42 Å². The van der Waals surface area contributed by atoms with Crippen LogP contribution in [0.15, 0.2) is 18.3 Å². The maximum atomic E-state index is 11.7. The van der Waals surface area contributed by atoms with Crippen LogP contribution in [0.5, 0.6) is 0 Å². The molecule has 0 radical (unpaired) electrons. The molecule has 0 aromatic carbocycles. The molecule has 1 aromatic heterocycles. The third kappa shape index (κ3) is 3.71. The van der Waals surface area contributed by atoms with Gasteiger partial charge in [0.15, 0.2) is 0 Å². The second-order valence-corrected chi connectivity index (χ2v) is 5.98. The first kappa shape index (κ1) is 14.8. The van der Waals surface area contributed by atoms with Crippen molar-refractivity contribution in [3.05, 3.63) is 23.9 Å². The molecule has 0 spiro atoms. The second-order valence-electron chi connectivity index (χ2n) is 5.98. The number of carbonyl (C=O) groups excluding carboxylic acids is 1. The SMILES string of the molecule is CC(=O)N1CCCC[C@@H]1c1ccc(NCC(C)C)nc1. The molecule has 2 heterocycles. The van der Waals surface area contributed by atoms with Gasteiger partial charge in [0.25, 0.3) is 0 Å². The Bertz CT molecular complexity index is 442. The Balaban J connectivity index is 2.06. The van der Waals surface area contributed by atoms with E-state index in [2.05, 4.69) is 30.2 Å². The van der Waals surface area contributed by atoms with Crippen molar-refractivity contribution in [2.45, 2.75) is 46.1 Å². The maximum Gasteiger partial charge on any atom is 0.219 e. The van der Waals surface area contributed by atoms with Crippen molar-refractivity contribution in [1.82, 2.24) is 9.88 Å². The minimum Gasteiger partial charge on any atom is -0.370 e. The largest absolute Gasteiger partial charge is 0.370 e. The average molecular weight is 275 g/mol. The van der Waals surface area contributed by atoms with Crippen LogP contribution in [0.3, 0.4) is 0 Å². The van der Waals surface area contributed by atoms with Gasteiger partial charge in [0.2, 0.25) is 5.91 Å². The molecule has 0 saturated carbocycles. The van der Waals surface area contributed by atoms with Crippen LogP contribution in [0.1, 0.15) is 51.6 Å². The molecule has 1 amide bonds. The number of nitrogens with zero attached hydrogens (tertiary/aromatic N) is 2. The molecule has 0 aliphatic carbocycles. The van der Waals surface area contributed by atoms with Crippen LogP contribution in [-0.4, -0.2) is 28.9 Å². The predicted octanol–water partition coefficient (Wildman–Crippen LogP) is 3.22. The van der Waals surface area contributed by atoms with Crippen LogP contribution < -0.4 is 5.32 Å². The van der Waals surface area contributed by atoms with E-state index in [4.69, 9.17) is 0 Å². The topological polar surface area (TPSA) is 45.2 Å². The van der Waals surface area contributed by atoms with Crippen LogP contribution in [0.2, 0.25) is 0 Å². The van der Waals surface area contributed by atoms with Crippen molar-refractivity contribution in [3.63, 3.8) is 0 Å². The van der Waals surface area contributed by atoms with Gasteiger partial charge < -0.3 is 10.2 Å². The highest BCUT2D eigenvalue weighted by Gasteiger charge is 2.25. The normalized spacial score (nSPS) is 19.2. The Morgan fingerprint density at radius 2 is 2.25 bits per heavy atom. The molecular formula is C16H25N3O. The summed E-state index contributed by atoms with van der Waals surface area (Å²) in [5, 5.41) is 3.32. The van der Waals surface area contributed by atoms with Crippen LogP contribution in [0.25, 0.3) is 0 Å². The Hall–Kier alpha value is -1.58. The number of pyridine rings is 1. The van der Waals surface area contributed by atoms with E-state index in [9.17, 15) is 4.79 Å². The lowest BCUT2D eigenvalue weighted by Crippen LogP contribution is -2.36. The van der Waals surface area contributed by atoms with Gasteiger partial charge in [0.05, 0.1) is 6.04 Å². The third-order valence-corrected chi connectivity index (χ3v) is 3.77. The fraction of sp³-hybridized carbons (Fsp3) is 0.625. The average Bonchev–Trinajstić information content (AvgIpc) is 2.45. The maximum absolute atomic E-state index is 11.7. The highest BCUT2D eigenvalue weighted by atomic mass is 16.2. The van der Waals surface area contributed by atoms with E-state index in [1.807, 2.05) is 17.2 Å². The minimum absolute atomic E-state index is 0.164. The van der Waals surface area contributed by atoms with Crippen molar-refractivity contribution >= 4 is 11.7 Å². The third-order valence-electron chi connectivity index (χ3n) is 3.77. The first-order chi connectivity index (χ1) is 9.58. The van der Waals surface area contributed by atoms with Crippen molar-refractivity contribution in [2.24, 2.45) is 5.92 Å². The van der Waals surface area contributed by atoms with Gasteiger partial charge in [-0.2, -0.15) is 0 Å². The van der Waals surface area contributed by atoms with Gasteiger partial charge in [-0.3, -0.25) is 4.79 Å². The van der Waals surface area contributed by atoms with E-state index in [-0.39, 0.29) is 11.9 Å². The Morgan fingerprint density at radius 1 is 1.45 bits per heavy atom. The molecule has 4 heteroatoms. The zero-order valence-corrected chi connectivity index (χ0v) is 12.7. The van der Waals surface area contributed by atoms with Crippen LogP contribution >= 0.6 is 0 Å². The molecule has 1 aliphatic heterocycles. The second kappa shape index (κ2) is 6.73. The summed E-state index contributed by atoms with van der Waals surface area (Å²) in [6, 6.07) is 4.32. The summed E-state index contributed by atoms with van der Waals surface area (Å²) >= 11 is 0. The zero-order chi connectivity index (χ0) is 14.5. The van der Waals surface area contributed by atoms with Gasteiger partial charge in [-0.05, 0) is 36.8 Å². The van der Waals surface area contributed by atoms with Gasteiger partial charge in [-0.1, -0.05) is 19.9 Å². The summed E-state index contributed by atoms with van der Waals surface area (Å²) in [6.07, 6.45) is 5.24. The monoisotopic (exact) mass is 275 g/mol. The van der Waals surface area contributed by atoms with Gasteiger partial charge >= 0.3 is 0 Å². The first-order valence-corrected chi connectivity index (χ1v) is 7.55. The molecule has 2 rings (SSSR count). The molecule has 0 unspecified atom stereocenters. The molecule has 20 heavy (non-hydrogen) atoms. The Morgan fingerprint density at radius 3 is 2.85 bits per heavy atom. The number of hydrogen-bond donors (Lipinski definition) is 1. The van der Waals surface area contributed by atoms with Crippen LogP contribution in [0, 0.1) is 5.92 Å². The van der Waals surface area contributed by atoms with E-state index in [0.29, 0.717) is 5.92 Å². The molecule has 1 saturated heterocycles. The predicted molar refractivity (Wildman–Crippen MR) is 81.5 cm³/mol. The number of likely N-dealkylation sites (tertiary alicyclic amines) is 1. The fourth-order valence-corrected chi connectivity index (χ4v) is 2.67. The Labute approximate surface area is 121 Å². The van der Waals surface area contributed by atoms with Gasteiger partial charge in [0.1, 0.15) is 5.82 Å². The number of anilines is 1. The smallest absolute Gasteiger partial charge is 0.219 e. The van der Waals surface area contributed by atoms with Crippen LogP contribution in [-0.2, 0) is 4.79 Å². The lowest BCUT2D eigenvalue weighted by Gasteiger charge is -2.35. The highest BCUT2D eigenvalue weighted by Crippen LogP contribution is 2.30. The van der Waals surface area contributed by atoms with Crippen molar-refractivity contribution in [3.8, 4) is 0 Å². The molecule has 1 aromatic rings. The van der Waals surface area contributed by atoms with Crippen LogP contribution in [0.4, 0.5) is 5.82 Å².